The molecule has 214 valence electrons. The van der Waals surface area contributed by atoms with E-state index >= 15 is 0 Å². The average Bonchev–Trinajstić information content (AvgIpc) is 3.67. The molecule has 5 heterocycles. The summed E-state index contributed by atoms with van der Waals surface area (Å²) in [6, 6.07) is 5.20. The minimum absolute atomic E-state index is 0.0628. The van der Waals surface area contributed by atoms with Crippen LogP contribution in [0.4, 0.5) is 17.2 Å². The van der Waals surface area contributed by atoms with Gasteiger partial charge in [0, 0.05) is 51.2 Å². The van der Waals surface area contributed by atoms with Gasteiger partial charge >= 0.3 is 0 Å². The molecule has 2 atom stereocenters. The molecule has 5 aromatic heterocycles. The maximum absolute atomic E-state index is 13.7. The van der Waals surface area contributed by atoms with E-state index in [4.69, 9.17) is 4.74 Å². The number of imidazole rings is 1. The van der Waals surface area contributed by atoms with Gasteiger partial charge in [-0.2, -0.15) is 20.1 Å². The average molecular weight is 561 g/mol. The monoisotopic (exact) mass is 560 g/mol. The Morgan fingerprint density at radius 2 is 1.93 bits per heavy atom. The van der Waals surface area contributed by atoms with Gasteiger partial charge in [-0.1, -0.05) is 0 Å². The molecule has 0 aliphatic heterocycles. The van der Waals surface area contributed by atoms with Crippen molar-refractivity contribution in [2.75, 3.05) is 24.7 Å². The van der Waals surface area contributed by atoms with Gasteiger partial charge in [-0.05, 0) is 32.5 Å². The van der Waals surface area contributed by atoms with E-state index in [1.54, 1.807) is 43.3 Å². The molecular formula is C26H32N12O3. The van der Waals surface area contributed by atoms with E-state index in [0.29, 0.717) is 46.2 Å². The lowest BCUT2D eigenvalue weighted by atomic mass is 10.1. The zero-order valence-electron chi connectivity index (χ0n) is 23.7. The highest BCUT2D eigenvalue weighted by atomic mass is 16.5. The lowest BCUT2D eigenvalue weighted by Crippen LogP contribution is -2.31. The van der Waals surface area contributed by atoms with E-state index in [-0.39, 0.29) is 23.9 Å². The van der Waals surface area contributed by atoms with Gasteiger partial charge in [0.05, 0.1) is 18.5 Å². The summed E-state index contributed by atoms with van der Waals surface area (Å²) in [5.74, 6) is 0.818. The van der Waals surface area contributed by atoms with Crippen molar-refractivity contribution in [2.24, 2.45) is 14.1 Å². The number of anilines is 3. The molecule has 2 unspecified atom stereocenters. The zero-order valence-corrected chi connectivity index (χ0v) is 23.7. The number of ether oxygens (including phenoxy) is 1. The first kappa shape index (κ1) is 27.7. The summed E-state index contributed by atoms with van der Waals surface area (Å²) in [5, 5.41) is 22.5. The Balaban J connectivity index is 1.56. The molecular weight excluding hydrogens is 528 g/mol. The normalized spacial score (nSPS) is 12.9. The summed E-state index contributed by atoms with van der Waals surface area (Å²) >= 11 is 0. The molecule has 0 fully saturated rings. The summed E-state index contributed by atoms with van der Waals surface area (Å²) in [4.78, 5) is 35.5. The fourth-order valence-corrected chi connectivity index (χ4v) is 4.43. The van der Waals surface area contributed by atoms with Gasteiger partial charge in [0.25, 0.3) is 5.56 Å². The van der Waals surface area contributed by atoms with Crippen molar-refractivity contribution in [3.63, 3.8) is 0 Å². The van der Waals surface area contributed by atoms with E-state index in [0.717, 1.165) is 5.69 Å². The number of hydrogen-bond acceptors (Lipinski definition) is 11. The summed E-state index contributed by atoms with van der Waals surface area (Å²) in [7, 11) is 7.16. The van der Waals surface area contributed by atoms with Crippen LogP contribution in [0.2, 0.25) is 0 Å². The van der Waals surface area contributed by atoms with E-state index in [9.17, 15) is 9.59 Å². The number of rotatable bonds is 11. The third kappa shape index (κ3) is 5.44. The van der Waals surface area contributed by atoms with Crippen LogP contribution in [0.25, 0.3) is 17.0 Å². The predicted octanol–water partition coefficient (Wildman–Crippen LogP) is 1.44. The fraction of sp³-hybridized carbons (Fsp3) is 0.346. The van der Waals surface area contributed by atoms with Gasteiger partial charge in [-0.25, -0.2) is 9.97 Å². The van der Waals surface area contributed by atoms with Gasteiger partial charge < -0.3 is 20.7 Å². The number of pyridine rings is 2. The Morgan fingerprint density at radius 1 is 1.12 bits per heavy atom. The highest BCUT2D eigenvalue weighted by Gasteiger charge is 2.23. The Labute approximate surface area is 235 Å². The number of aryl methyl sites for hydroxylation is 3. The Bertz CT molecular complexity index is 1750. The summed E-state index contributed by atoms with van der Waals surface area (Å²) in [5.41, 5.74) is 3.72. The Morgan fingerprint density at radius 3 is 2.56 bits per heavy atom. The molecule has 0 saturated heterocycles. The fourth-order valence-electron chi connectivity index (χ4n) is 4.43. The lowest BCUT2D eigenvalue weighted by Gasteiger charge is -2.22. The van der Waals surface area contributed by atoms with E-state index in [2.05, 4.69) is 41.2 Å². The molecule has 0 aliphatic carbocycles. The van der Waals surface area contributed by atoms with E-state index in [1.807, 2.05) is 34.0 Å². The molecule has 0 aromatic carbocycles. The second-order valence-electron chi connectivity index (χ2n) is 9.63. The maximum atomic E-state index is 13.7. The van der Waals surface area contributed by atoms with Gasteiger partial charge in [-0.15, -0.1) is 0 Å². The first-order chi connectivity index (χ1) is 19.7. The number of nitrogens with one attached hydrogen (secondary N) is 3. The predicted molar refractivity (Wildman–Crippen MR) is 153 cm³/mol. The number of fused-ring (bicyclic) bond motifs is 1. The number of aromatic nitrogens is 9. The maximum Gasteiger partial charge on any atom is 0.280 e. The lowest BCUT2D eigenvalue weighted by molar-refractivity contribution is 0.0157. The molecule has 41 heavy (non-hydrogen) atoms. The van der Waals surface area contributed by atoms with Crippen LogP contribution in [0.5, 0.6) is 0 Å². The van der Waals surface area contributed by atoms with Crippen LogP contribution in [-0.4, -0.2) is 70.4 Å². The van der Waals surface area contributed by atoms with Crippen LogP contribution in [0.3, 0.4) is 0 Å². The second kappa shape index (κ2) is 11.3. The zero-order chi connectivity index (χ0) is 29.3. The highest BCUT2D eigenvalue weighted by Crippen LogP contribution is 2.26. The summed E-state index contributed by atoms with van der Waals surface area (Å²) in [6.45, 7) is 4.07. The molecule has 0 radical (unpaired) electrons. The van der Waals surface area contributed by atoms with Crippen LogP contribution in [0.15, 0.2) is 41.7 Å². The molecule has 0 bridgehead atoms. The molecule has 15 heteroatoms. The summed E-state index contributed by atoms with van der Waals surface area (Å²) < 4.78 is 10.8. The third-order valence-corrected chi connectivity index (χ3v) is 6.85. The van der Waals surface area contributed by atoms with Crippen molar-refractivity contribution in [2.45, 2.75) is 32.6 Å². The van der Waals surface area contributed by atoms with Gasteiger partial charge in [0.1, 0.15) is 35.1 Å². The van der Waals surface area contributed by atoms with Crippen molar-refractivity contribution in [3.05, 3.63) is 64.2 Å². The van der Waals surface area contributed by atoms with Crippen molar-refractivity contribution in [1.82, 2.24) is 49.2 Å². The van der Waals surface area contributed by atoms with E-state index in [1.165, 1.54) is 20.3 Å². The SMILES string of the molecule is CNc1cc(Nc2cc(COC(c3cnn(C)n3)C(C)NC)cn(-c3cc(C)n(C)n3)c2=O)nc2c1ncn2C=O. The van der Waals surface area contributed by atoms with Gasteiger partial charge in [0.15, 0.2) is 11.5 Å². The quantitative estimate of drug-likeness (QED) is 0.200. The molecule has 3 N–H and O–H groups in total. The highest BCUT2D eigenvalue weighted by molar-refractivity contribution is 5.91. The third-order valence-electron chi connectivity index (χ3n) is 6.85. The molecule has 5 aromatic rings. The standard InChI is InChI=1S/C26H32N12O3/c1-15-7-22(34-35(15)5)38-11-17(12-41-24(16(2)27-3)20-10-30-36(6)33-20)8-19(26(38)40)31-21-9-18(28-4)23-25(32-21)37(14-39)13-29-23/h7-11,13-14,16,24,27H,12H2,1-6H3,(H2,28,31,32). The van der Waals surface area contributed by atoms with Crippen molar-refractivity contribution >= 4 is 34.8 Å². The molecule has 15 nitrogen and oxygen atoms in total. The van der Waals surface area contributed by atoms with Crippen molar-refractivity contribution in [3.8, 4) is 5.82 Å². The number of likely N-dealkylation sites (N-methyl/N-ethyl adjacent to an activating group) is 1. The molecule has 5 rings (SSSR count). The van der Waals surface area contributed by atoms with Crippen molar-refractivity contribution in [1.29, 1.82) is 0 Å². The first-order valence-corrected chi connectivity index (χ1v) is 12.9. The van der Waals surface area contributed by atoms with Crippen LogP contribution in [-0.2, 0) is 30.2 Å². The Kier molecular flexibility index (Phi) is 7.63. The molecule has 0 aliphatic rings. The second-order valence-corrected chi connectivity index (χ2v) is 9.63. The molecule has 0 saturated carbocycles. The summed E-state index contributed by atoms with van der Waals surface area (Å²) in [6.07, 6.45) is 5.01. The number of carbonyl (C=O) groups is 1. The number of hydrogen-bond donors (Lipinski definition) is 3. The van der Waals surface area contributed by atoms with Gasteiger partial charge in [0.2, 0.25) is 6.41 Å². The topological polar surface area (TPSA) is 164 Å². The van der Waals surface area contributed by atoms with Gasteiger partial charge in [-0.3, -0.25) is 23.4 Å². The van der Waals surface area contributed by atoms with Crippen LogP contribution in [0.1, 0.15) is 30.0 Å². The van der Waals surface area contributed by atoms with Crippen LogP contribution >= 0.6 is 0 Å². The minimum atomic E-state index is -0.395. The minimum Gasteiger partial charge on any atom is -0.386 e. The van der Waals surface area contributed by atoms with Crippen LogP contribution in [0, 0.1) is 6.92 Å². The van der Waals surface area contributed by atoms with Crippen molar-refractivity contribution < 1.29 is 9.53 Å². The van der Waals surface area contributed by atoms with Crippen LogP contribution < -0.4 is 21.5 Å². The Hall–Kier alpha value is -4.89. The van der Waals surface area contributed by atoms with E-state index < -0.39 is 6.10 Å². The number of carbonyl (C=O) groups excluding carboxylic acids is 1. The molecule has 0 spiro atoms. The molecule has 0 amide bonds. The largest absolute Gasteiger partial charge is 0.386 e. The number of nitrogens with zero attached hydrogens (tertiary/aromatic N) is 9. The first-order valence-electron chi connectivity index (χ1n) is 12.9. The smallest absolute Gasteiger partial charge is 0.280 e.